The Balaban J connectivity index is 2.03. The molecule has 6 nitrogen and oxygen atoms in total. The lowest BCUT2D eigenvalue weighted by atomic mass is 9.96. The molecule has 0 spiro atoms. The number of hydrogen-bond acceptors (Lipinski definition) is 7. The maximum atomic E-state index is 13.2. The van der Waals surface area contributed by atoms with Gasteiger partial charge in [0.2, 0.25) is 0 Å². The van der Waals surface area contributed by atoms with Crippen molar-refractivity contribution in [2.75, 3.05) is 12.4 Å². The third-order valence-electron chi connectivity index (χ3n) is 4.47. The third kappa shape index (κ3) is 4.12. The Bertz CT molecular complexity index is 917. The molecule has 27 heavy (non-hydrogen) atoms. The first-order valence-corrected chi connectivity index (χ1v) is 10.8. The molecule has 0 N–H and O–H groups in total. The minimum absolute atomic E-state index is 0.0758. The van der Waals surface area contributed by atoms with Crippen molar-refractivity contribution in [3.63, 3.8) is 0 Å². The number of allylic oxidation sites excluding steroid dienone is 1. The normalized spacial score (nSPS) is 16.5. The topological polar surface area (TPSA) is 70.4 Å². The summed E-state index contributed by atoms with van der Waals surface area (Å²) in [5, 5.41) is 1.20. The van der Waals surface area contributed by atoms with E-state index >= 15 is 0 Å². The summed E-state index contributed by atoms with van der Waals surface area (Å²) in [6.07, 6.45) is 2.51. The van der Waals surface area contributed by atoms with Gasteiger partial charge in [-0.25, -0.2) is 4.98 Å². The molecule has 0 bridgehead atoms. The summed E-state index contributed by atoms with van der Waals surface area (Å²) in [5.74, 6) is 0.184. The Labute approximate surface area is 166 Å². The van der Waals surface area contributed by atoms with Crippen molar-refractivity contribution in [2.24, 2.45) is 5.92 Å². The first-order chi connectivity index (χ1) is 13.0. The van der Waals surface area contributed by atoms with E-state index < -0.39 is 0 Å². The van der Waals surface area contributed by atoms with Crippen LogP contribution in [0.4, 0.5) is 0 Å². The van der Waals surface area contributed by atoms with Crippen LogP contribution in [-0.2, 0) is 33.8 Å². The summed E-state index contributed by atoms with van der Waals surface area (Å²) in [4.78, 5) is 31.4. The van der Waals surface area contributed by atoms with Gasteiger partial charge >= 0.3 is 5.97 Å². The fourth-order valence-corrected chi connectivity index (χ4v) is 5.07. The summed E-state index contributed by atoms with van der Waals surface area (Å²) in [5.41, 5.74) is 0.991. The van der Waals surface area contributed by atoms with Crippen LogP contribution in [0.2, 0.25) is 0 Å². The number of ether oxygens (including phenoxy) is 2. The first-order valence-electron chi connectivity index (χ1n) is 9.02. The summed E-state index contributed by atoms with van der Waals surface area (Å²) in [6, 6.07) is 0. The predicted molar refractivity (Wildman–Crippen MR) is 109 cm³/mol. The molecule has 2 aromatic heterocycles. The highest BCUT2D eigenvalue weighted by atomic mass is 32.2. The molecule has 8 heteroatoms. The fourth-order valence-electron chi connectivity index (χ4n) is 3.10. The second-order valence-corrected chi connectivity index (χ2v) is 8.70. The van der Waals surface area contributed by atoms with Gasteiger partial charge in [0.15, 0.2) is 5.16 Å². The van der Waals surface area contributed by atoms with Crippen LogP contribution in [-0.4, -0.2) is 34.0 Å². The molecular weight excluding hydrogens is 384 g/mol. The molecule has 0 aromatic carbocycles. The summed E-state index contributed by atoms with van der Waals surface area (Å²) in [7, 11) is 0. The monoisotopic (exact) mass is 408 g/mol. The van der Waals surface area contributed by atoms with Crippen LogP contribution in [0.1, 0.15) is 31.2 Å². The molecular formula is C19H24N2O4S2. The quantitative estimate of drug-likeness (QED) is 0.303. The Hall–Kier alpha value is -1.64. The van der Waals surface area contributed by atoms with Crippen molar-refractivity contribution in [1.29, 1.82) is 0 Å². The van der Waals surface area contributed by atoms with Crippen molar-refractivity contribution < 1.29 is 14.3 Å². The molecule has 3 heterocycles. The zero-order valence-corrected chi connectivity index (χ0v) is 17.5. The molecule has 2 aromatic rings. The van der Waals surface area contributed by atoms with E-state index in [-0.39, 0.29) is 23.4 Å². The van der Waals surface area contributed by atoms with Crippen molar-refractivity contribution >= 4 is 39.3 Å². The molecule has 0 fully saturated rings. The lowest BCUT2D eigenvalue weighted by Crippen LogP contribution is -2.28. The average Bonchev–Trinajstić information content (AvgIpc) is 3.00. The summed E-state index contributed by atoms with van der Waals surface area (Å²) < 4.78 is 12.5. The Morgan fingerprint density at radius 2 is 2.33 bits per heavy atom. The Morgan fingerprint density at radius 1 is 1.56 bits per heavy atom. The maximum absolute atomic E-state index is 13.2. The molecule has 1 aliphatic heterocycles. The minimum atomic E-state index is -0.319. The zero-order valence-electron chi connectivity index (χ0n) is 15.8. The molecule has 1 unspecified atom stereocenters. The molecule has 0 saturated carbocycles. The highest BCUT2D eigenvalue weighted by molar-refractivity contribution is 7.99. The summed E-state index contributed by atoms with van der Waals surface area (Å²) >= 11 is 2.73. The second-order valence-electron chi connectivity index (χ2n) is 6.67. The molecule has 0 amide bonds. The Morgan fingerprint density at radius 3 is 3.00 bits per heavy atom. The van der Waals surface area contributed by atoms with Crippen molar-refractivity contribution in [1.82, 2.24) is 9.55 Å². The SMILES string of the molecule is C=CCn1c(SCC(=O)OCC)nc2sc3c(c2c1=O)CC(C(C)C)OC3. The second kappa shape index (κ2) is 8.58. The van der Waals surface area contributed by atoms with Gasteiger partial charge < -0.3 is 9.47 Å². The van der Waals surface area contributed by atoms with Crippen molar-refractivity contribution in [3.05, 3.63) is 33.4 Å². The van der Waals surface area contributed by atoms with Crippen LogP contribution in [0.15, 0.2) is 22.6 Å². The smallest absolute Gasteiger partial charge is 0.316 e. The van der Waals surface area contributed by atoms with Gasteiger partial charge in [-0.3, -0.25) is 14.2 Å². The lowest BCUT2D eigenvalue weighted by molar-refractivity contribution is -0.139. The average molecular weight is 409 g/mol. The number of hydrogen-bond donors (Lipinski definition) is 0. The standard InChI is InChI=1S/C19H24N2O4S2/c1-5-7-21-18(23)16-12-8-13(11(3)4)25-9-14(12)27-17(16)20-19(21)26-10-15(22)24-6-2/h5,11,13H,1,6-10H2,2-4H3. The molecule has 0 saturated heterocycles. The van der Waals surface area contributed by atoms with Gasteiger partial charge in [0, 0.05) is 17.8 Å². The fraction of sp³-hybridized carbons (Fsp3) is 0.526. The van der Waals surface area contributed by atoms with Gasteiger partial charge in [-0.15, -0.1) is 17.9 Å². The van der Waals surface area contributed by atoms with Crippen molar-refractivity contribution in [2.45, 2.75) is 51.6 Å². The van der Waals surface area contributed by atoms with E-state index in [0.717, 1.165) is 16.9 Å². The van der Waals surface area contributed by atoms with E-state index in [1.54, 1.807) is 17.6 Å². The van der Waals surface area contributed by atoms with Crippen LogP contribution in [0.3, 0.4) is 0 Å². The van der Waals surface area contributed by atoms with Crippen LogP contribution < -0.4 is 5.56 Å². The van der Waals surface area contributed by atoms with Crippen LogP contribution in [0, 0.1) is 5.92 Å². The van der Waals surface area contributed by atoms with Crippen LogP contribution >= 0.6 is 23.1 Å². The number of esters is 1. The predicted octanol–water partition coefficient (Wildman–Crippen LogP) is 3.40. The number of carbonyl (C=O) groups is 1. The van der Waals surface area contributed by atoms with Gasteiger partial charge in [0.25, 0.3) is 5.56 Å². The lowest BCUT2D eigenvalue weighted by Gasteiger charge is -2.26. The van der Waals surface area contributed by atoms with E-state index in [1.165, 1.54) is 23.1 Å². The number of fused-ring (bicyclic) bond motifs is 3. The van der Waals surface area contributed by atoms with Gasteiger partial charge in [-0.2, -0.15) is 0 Å². The third-order valence-corrected chi connectivity index (χ3v) is 6.52. The van der Waals surface area contributed by atoms with E-state index in [0.29, 0.717) is 41.0 Å². The maximum Gasteiger partial charge on any atom is 0.316 e. The van der Waals surface area contributed by atoms with Gasteiger partial charge in [-0.1, -0.05) is 31.7 Å². The number of thioether (sulfide) groups is 1. The van der Waals surface area contributed by atoms with Gasteiger partial charge in [-0.05, 0) is 18.4 Å². The van der Waals surface area contributed by atoms with Gasteiger partial charge in [0.1, 0.15) is 4.83 Å². The number of carbonyl (C=O) groups excluding carboxylic acids is 1. The van der Waals surface area contributed by atoms with Crippen molar-refractivity contribution in [3.8, 4) is 0 Å². The molecule has 146 valence electrons. The highest BCUT2D eigenvalue weighted by Crippen LogP contribution is 2.35. The number of thiophene rings is 1. The van der Waals surface area contributed by atoms with Crippen LogP contribution in [0.25, 0.3) is 10.2 Å². The zero-order chi connectivity index (χ0) is 19.6. The van der Waals surface area contributed by atoms with Gasteiger partial charge in [0.05, 0.1) is 30.5 Å². The van der Waals surface area contributed by atoms with E-state index in [2.05, 4.69) is 20.4 Å². The molecule has 0 aliphatic carbocycles. The van der Waals surface area contributed by atoms with E-state index in [9.17, 15) is 9.59 Å². The molecule has 1 atom stereocenters. The van der Waals surface area contributed by atoms with Crippen LogP contribution in [0.5, 0.6) is 0 Å². The van der Waals surface area contributed by atoms with E-state index in [4.69, 9.17) is 14.5 Å². The largest absolute Gasteiger partial charge is 0.465 e. The number of rotatable bonds is 7. The number of aromatic nitrogens is 2. The minimum Gasteiger partial charge on any atom is -0.465 e. The number of nitrogens with zero attached hydrogens (tertiary/aromatic N) is 2. The molecule has 3 rings (SSSR count). The molecule has 1 aliphatic rings. The van der Waals surface area contributed by atoms with E-state index in [1.807, 2.05) is 0 Å². The Kier molecular flexibility index (Phi) is 6.39. The summed E-state index contributed by atoms with van der Waals surface area (Å²) in [6.45, 7) is 11.0. The molecule has 0 radical (unpaired) electrons. The first kappa shape index (κ1) is 20.1. The highest BCUT2D eigenvalue weighted by Gasteiger charge is 2.28.